The third kappa shape index (κ3) is 7.10. The molecule has 13 heteroatoms. The van der Waals surface area contributed by atoms with Crippen LogP contribution in [0.3, 0.4) is 0 Å². The average Bonchev–Trinajstić information content (AvgIpc) is 3.29. The molecule has 2 aromatic carbocycles. The number of carbonyl (C=O) groups excluding carboxylic acids is 1. The van der Waals surface area contributed by atoms with Crippen molar-refractivity contribution in [1.29, 1.82) is 0 Å². The van der Waals surface area contributed by atoms with E-state index in [-0.39, 0.29) is 81.8 Å². The number of benzene rings is 2. The molecule has 2 saturated heterocycles. The van der Waals surface area contributed by atoms with Crippen LogP contribution in [0.1, 0.15) is 22.6 Å². The third-order valence-corrected chi connectivity index (χ3v) is 8.34. The number of carbonyl (C=O) groups is 1. The van der Waals surface area contributed by atoms with E-state index in [0.29, 0.717) is 18.7 Å². The van der Waals surface area contributed by atoms with Crippen molar-refractivity contribution in [2.24, 2.45) is 0 Å². The first-order valence-corrected chi connectivity index (χ1v) is 13.7. The molecule has 0 N–H and O–H groups in total. The van der Waals surface area contributed by atoms with E-state index in [2.05, 4.69) is 6.07 Å². The van der Waals surface area contributed by atoms with Gasteiger partial charge in [-0.05, 0) is 30.7 Å². The second kappa shape index (κ2) is 12.3. The number of likely N-dealkylation sites (N-methyl/N-ethyl adjacent to an activating group) is 1. The maximum atomic E-state index is 14.1. The molecule has 0 aliphatic carbocycles. The van der Waals surface area contributed by atoms with Gasteiger partial charge in [-0.15, -0.1) is 5.56 Å². The van der Waals surface area contributed by atoms with Crippen LogP contribution in [0.4, 0.5) is 22.4 Å². The van der Waals surface area contributed by atoms with Crippen LogP contribution in [0.2, 0.25) is 0 Å². The van der Waals surface area contributed by atoms with Gasteiger partial charge in [0.1, 0.15) is 5.82 Å². The Morgan fingerprint density at radius 1 is 1.11 bits per heavy atom. The van der Waals surface area contributed by atoms with Crippen LogP contribution in [0.25, 0.3) is 0 Å². The standard InChI is InChI=1S/C25H29F4N4O3S.U/c1-30(15-18-8-9-21(22(26)14-18)25(27,28)29)23-17-32(16-20(23)19-6-4-3-5-7-19)24(34)31-10-12-33(13-11-31)37(2,35)36;/h3-4,6-9,14,20,23H,10-13,15-17H2,1-2H3;/q-1;/t20-,23+;/m1./s1. The molecule has 0 saturated carbocycles. The van der Waals surface area contributed by atoms with E-state index >= 15 is 0 Å². The molecule has 2 aliphatic heterocycles. The first-order chi connectivity index (χ1) is 17.3. The van der Waals surface area contributed by atoms with Gasteiger partial charge < -0.3 is 9.80 Å². The number of rotatable bonds is 5. The predicted octanol–water partition coefficient (Wildman–Crippen LogP) is 3.24. The predicted molar refractivity (Wildman–Crippen MR) is 130 cm³/mol. The number of likely N-dealkylation sites (tertiary alicyclic amines) is 1. The Bertz CT molecular complexity index is 1220. The van der Waals surface area contributed by atoms with Crippen molar-refractivity contribution >= 4 is 16.1 Å². The fourth-order valence-electron chi connectivity index (χ4n) is 5.06. The van der Waals surface area contributed by atoms with Crippen LogP contribution in [0, 0.1) is 43.0 Å². The fraction of sp³-hybridized carbons (Fsp3) is 0.480. The molecule has 2 amide bonds. The second-order valence-corrected chi connectivity index (χ2v) is 11.6. The molecular weight excluding hydrogens is 750 g/mol. The van der Waals surface area contributed by atoms with Gasteiger partial charge in [-0.25, -0.2) is 17.6 Å². The molecule has 206 valence electrons. The molecule has 0 unspecified atom stereocenters. The molecule has 2 atom stereocenters. The van der Waals surface area contributed by atoms with Crippen LogP contribution in [0.15, 0.2) is 42.5 Å². The van der Waals surface area contributed by atoms with Gasteiger partial charge in [-0.2, -0.15) is 47.8 Å². The van der Waals surface area contributed by atoms with Crippen molar-refractivity contribution < 1.29 is 61.9 Å². The molecule has 4 rings (SSSR count). The van der Waals surface area contributed by atoms with Gasteiger partial charge in [-0.1, -0.05) is 6.07 Å². The zero-order valence-electron chi connectivity index (χ0n) is 21.1. The summed E-state index contributed by atoms with van der Waals surface area (Å²) in [6.07, 6.45) is -3.61. The van der Waals surface area contributed by atoms with Crippen molar-refractivity contribution in [3.63, 3.8) is 0 Å². The zero-order valence-corrected chi connectivity index (χ0v) is 26.1. The molecular formula is C25H29F4N4O3SU-. The molecule has 2 heterocycles. The number of amides is 2. The maximum Gasteiger partial charge on any atom is 0.419 e. The Morgan fingerprint density at radius 2 is 1.79 bits per heavy atom. The number of sulfonamides is 1. The molecule has 2 aromatic rings. The molecule has 2 aliphatic rings. The smallest absolute Gasteiger partial charge is 0.323 e. The monoisotopic (exact) mass is 779 g/mol. The minimum Gasteiger partial charge on any atom is -0.323 e. The van der Waals surface area contributed by atoms with Crippen LogP contribution in [-0.2, 0) is 22.7 Å². The summed E-state index contributed by atoms with van der Waals surface area (Å²) in [5.41, 5.74) is 0.0633. The van der Waals surface area contributed by atoms with Gasteiger partial charge in [0.15, 0.2) is 0 Å². The van der Waals surface area contributed by atoms with Gasteiger partial charge in [0.05, 0.1) is 11.8 Å². The van der Waals surface area contributed by atoms with Crippen LogP contribution in [0.5, 0.6) is 0 Å². The van der Waals surface area contributed by atoms with E-state index in [9.17, 15) is 30.8 Å². The number of urea groups is 1. The molecule has 38 heavy (non-hydrogen) atoms. The topological polar surface area (TPSA) is 64.2 Å². The number of piperazine rings is 1. The summed E-state index contributed by atoms with van der Waals surface area (Å²) >= 11 is 0. The van der Waals surface area contributed by atoms with Crippen molar-refractivity contribution in [2.75, 3.05) is 52.6 Å². The molecule has 0 bridgehead atoms. The van der Waals surface area contributed by atoms with E-state index in [4.69, 9.17) is 0 Å². The Balaban J connectivity index is 0.00000400. The maximum absolute atomic E-state index is 14.1. The third-order valence-electron chi connectivity index (χ3n) is 7.03. The molecule has 0 radical (unpaired) electrons. The van der Waals surface area contributed by atoms with Crippen LogP contribution >= 0.6 is 0 Å². The summed E-state index contributed by atoms with van der Waals surface area (Å²) in [7, 11) is -1.52. The van der Waals surface area contributed by atoms with Crippen molar-refractivity contribution in [3.05, 3.63) is 71.0 Å². The second-order valence-electron chi connectivity index (χ2n) is 9.57. The van der Waals surface area contributed by atoms with Crippen molar-refractivity contribution in [2.45, 2.75) is 24.7 Å². The number of nitrogens with zero attached hydrogens (tertiary/aromatic N) is 4. The minimum absolute atomic E-state index is 0. The largest absolute Gasteiger partial charge is 0.419 e. The molecule has 7 nitrogen and oxygen atoms in total. The van der Waals surface area contributed by atoms with E-state index in [0.717, 1.165) is 24.0 Å². The average molecular weight is 780 g/mol. The van der Waals surface area contributed by atoms with E-state index in [1.807, 2.05) is 23.1 Å². The van der Waals surface area contributed by atoms with E-state index in [1.54, 1.807) is 22.9 Å². The van der Waals surface area contributed by atoms with Crippen LogP contribution in [-0.4, -0.2) is 92.1 Å². The number of halogens is 4. The van der Waals surface area contributed by atoms with Crippen molar-refractivity contribution in [3.8, 4) is 0 Å². The normalized spacial score (nSPS) is 21.0. The van der Waals surface area contributed by atoms with Gasteiger partial charge in [0, 0.05) is 83.0 Å². The summed E-state index contributed by atoms with van der Waals surface area (Å²) in [6, 6.07) is 13.0. The van der Waals surface area contributed by atoms with Gasteiger partial charge >= 0.3 is 12.2 Å². The van der Waals surface area contributed by atoms with E-state index < -0.39 is 27.6 Å². The molecule has 0 spiro atoms. The summed E-state index contributed by atoms with van der Waals surface area (Å²) in [4.78, 5) is 18.6. The summed E-state index contributed by atoms with van der Waals surface area (Å²) in [6.45, 7) is 2.02. The van der Waals surface area contributed by atoms with Gasteiger partial charge in [-0.3, -0.25) is 4.90 Å². The number of hydrogen-bond donors (Lipinski definition) is 0. The molecule has 2 fully saturated rings. The first-order valence-electron chi connectivity index (χ1n) is 11.9. The quantitative estimate of drug-likeness (QED) is 0.346. The Kier molecular flexibility index (Phi) is 9.96. The fourth-order valence-corrected chi connectivity index (χ4v) is 5.88. The summed E-state index contributed by atoms with van der Waals surface area (Å²) in [5.74, 6) is -1.41. The zero-order chi connectivity index (χ0) is 27.0. The Hall–Kier alpha value is -1.65. The van der Waals surface area contributed by atoms with Gasteiger partial charge in [0.25, 0.3) is 0 Å². The van der Waals surface area contributed by atoms with Crippen LogP contribution < -0.4 is 0 Å². The SMILES string of the molecule is CN(Cc1ccc(C(F)(F)F)c(F)c1)[C@H]1CN(C(=O)N2CCN(S(C)(=O)=O)CC2)C[C@@H]1c1c[c-]ccc1.[U]. The minimum atomic E-state index is -4.76. The van der Waals surface area contributed by atoms with Crippen molar-refractivity contribution in [1.82, 2.24) is 19.0 Å². The summed E-state index contributed by atoms with van der Waals surface area (Å²) < 4.78 is 78.0. The van der Waals surface area contributed by atoms with Gasteiger partial charge in [0.2, 0.25) is 10.0 Å². The number of hydrogen-bond acceptors (Lipinski definition) is 4. The molecule has 0 aromatic heterocycles. The Morgan fingerprint density at radius 3 is 2.34 bits per heavy atom. The van der Waals surface area contributed by atoms with E-state index in [1.165, 1.54) is 10.4 Å². The Labute approximate surface area is 244 Å². The first kappa shape index (κ1) is 30.9. The summed E-state index contributed by atoms with van der Waals surface area (Å²) in [5, 5.41) is 0. The number of alkyl halides is 3.